The predicted molar refractivity (Wildman–Crippen MR) is 156 cm³/mol. The van der Waals surface area contributed by atoms with Gasteiger partial charge in [-0.05, 0) is 55.3 Å². The summed E-state index contributed by atoms with van der Waals surface area (Å²) in [6.07, 6.45) is -1.76. The number of anilines is 3. The van der Waals surface area contributed by atoms with Gasteiger partial charge < -0.3 is 24.4 Å². The molecular formula is C29H32F3N7O3S. The van der Waals surface area contributed by atoms with Crippen LogP contribution in [0.2, 0.25) is 0 Å². The fraction of sp³-hybridized carbons (Fsp3) is 0.414. The van der Waals surface area contributed by atoms with Gasteiger partial charge in [0.2, 0.25) is 0 Å². The van der Waals surface area contributed by atoms with Crippen molar-refractivity contribution in [3.8, 4) is 11.8 Å². The second kappa shape index (κ2) is 13.7. The molecule has 43 heavy (non-hydrogen) atoms. The van der Waals surface area contributed by atoms with Gasteiger partial charge in [-0.3, -0.25) is 4.90 Å². The molecule has 3 heterocycles. The number of nitrogens with zero attached hydrogens (tertiary/aromatic N) is 6. The Kier molecular flexibility index (Phi) is 9.76. The van der Waals surface area contributed by atoms with Gasteiger partial charge in [-0.2, -0.15) is 18.4 Å². The van der Waals surface area contributed by atoms with Crippen LogP contribution in [0, 0.1) is 11.3 Å². The van der Waals surface area contributed by atoms with E-state index in [9.17, 15) is 17.4 Å². The number of nitrogens with one attached hydrogen (secondary N) is 1. The number of rotatable bonds is 10. The molecule has 0 saturated carbocycles. The molecular weight excluding hydrogens is 583 g/mol. The summed E-state index contributed by atoms with van der Waals surface area (Å²) in [7, 11) is 0. The van der Waals surface area contributed by atoms with E-state index in [2.05, 4.69) is 20.2 Å². The molecule has 0 aliphatic carbocycles. The third-order valence-corrected chi connectivity index (χ3v) is 8.15. The molecule has 2 N–H and O–H groups in total. The molecule has 3 aromatic rings. The number of aromatic nitrogens is 2. The van der Waals surface area contributed by atoms with E-state index in [1.165, 1.54) is 18.5 Å². The Morgan fingerprint density at radius 3 is 2.49 bits per heavy atom. The van der Waals surface area contributed by atoms with Crippen LogP contribution in [0.3, 0.4) is 0 Å². The maximum Gasteiger partial charge on any atom is 0.417 e. The van der Waals surface area contributed by atoms with Crippen molar-refractivity contribution >= 4 is 28.3 Å². The summed E-state index contributed by atoms with van der Waals surface area (Å²) in [6, 6.07) is 13.0. The van der Waals surface area contributed by atoms with E-state index in [0.717, 1.165) is 67.9 Å². The number of hydrogen-bond acceptors (Lipinski definition) is 9. The van der Waals surface area contributed by atoms with E-state index in [0.29, 0.717) is 37.6 Å². The van der Waals surface area contributed by atoms with Crippen LogP contribution >= 0.6 is 0 Å². The van der Waals surface area contributed by atoms with Crippen molar-refractivity contribution < 1.29 is 26.7 Å². The lowest BCUT2D eigenvalue weighted by molar-refractivity contribution is -0.137. The van der Waals surface area contributed by atoms with Crippen LogP contribution in [0.1, 0.15) is 28.8 Å². The van der Waals surface area contributed by atoms with Crippen LogP contribution in [-0.2, 0) is 30.2 Å². The quantitative estimate of drug-likeness (QED) is 0.253. The van der Waals surface area contributed by atoms with Crippen molar-refractivity contribution in [2.24, 2.45) is 0 Å². The van der Waals surface area contributed by atoms with Crippen LogP contribution in [0.5, 0.6) is 5.75 Å². The molecule has 1 unspecified atom stereocenters. The van der Waals surface area contributed by atoms with Crippen molar-refractivity contribution in [2.75, 3.05) is 62.0 Å². The molecule has 0 spiro atoms. The maximum atomic E-state index is 13.5. The maximum absolute atomic E-state index is 13.5. The number of benzene rings is 2. The number of hydrogen-bond donors (Lipinski definition) is 2. The van der Waals surface area contributed by atoms with Gasteiger partial charge in [-0.25, -0.2) is 14.2 Å². The first-order valence-electron chi connectivity index (χ1n) is 13.9. The molecule has 1 saturated heterocycles. The van der Waals surface area contributed by atoms with Gasteiger partial charge in [-0.15, -0.1) is 0 Å². The lowest BCUT2D eigenvalue weighted by Gasteiger charge is -2.33. The number of nitriles is 1. The minimum Gasteiger partial charge on any atom is -0.494 e. The Labute approximate surface area is 250 Å². The number of piperazine rings is 1. The summed E-state index contributed by atoms with van der Waals surface area (Å²) < 4.78 is 66.3. The molecule has 5 rings (SSSR count). The van der Waals surface area contributed by atoms with E-state index in [4.69, 9.17) is 14.6 Å². The van der Waals surface area contributed by atoms with E-state index in [1.54, 1.807) is 6.07 Å². The Morgan fingerprint density at radius 2 is 1.79 bits per heavy atom. The Balaban J connectivity index is 1.13. The first-order valence-corrected chi connectivity index (χ1v) is 15.2. The van der Waals surface area contributed by atoms with Crippen molar-refractivity contribution in [3.05, 3.63) is 71.2 Å². The zero-order valence-corrected chi connectivity index (χ0v) is 24.2. The smallest absolute Gasteiger partial charge is 0.417 e. The van der Waals surface area contributed by atoms with Crippen LogP contribution in [-0.4, -0.2) is 80.3 Å². The zero-order valence-electron chi connectivity index (χ0n) is 23.4. The van der Waals surface area contributed by atoms with Crippen LogP contribution in [0.4, 0.5) is 30.4 Å². The third kappa shape index (κ3) is 7.99. The summed E-state index contributed by atoms with van der Waals surface area (Å²) in [5.41, 5.74) is 1.51. The fourth-order valence-corrected chi connectivity index (χ4v) is 5.86. The highest BCUT2D eigenvalue weighted by Gasteiger charge is 2.34. The van der Waals surface area contributed by atoms with Gasteiger partial charge in [0.25, 0.3) is 0 Å². The van der Waals surface area contributed by atoms with Gasteiger partial charge in [0.1, 0.15) is 23.8 Å². The van der Waals surface area contributed by atoms with Crippen LogP contribution in [0.25, 0.3) is 0 Å². The SMILES string of the molecule is N#Cc1ccc(N2CCc3c(ncnc3Nc3ccc(OCCCN4CCN(CS(=O)O)CC4)cc3)C2)cc1C(F)(F)F. The normalized spacial score (nSPS) is 16.8. The first kappa shape index (κ1) is 30.7. The molecule has 1 atom stereocenters. The molecule has 10 nitrogen and oxygen atoms in total. The number of fused-ring (bicyclic) bond motifs is 1. The molecule has 0 bridgehead atoms. The number of alkyl halides is 3. The predicted octanol–water partition coefficient (Wildman–Crippen LogP) is 4.24. The summed E-state index contributed by atoms with van der Waals surface area (Å²) >= 11 is -1.79. The van der Waals surface area contributed by atoms with Gasteiger partial charge in [0.05, 0.1) is 36.0 Å². The molecule has 2 aliphatic rings. The molecule has 228 valence electrons. The van der Waals surface area contributed by atoms with Gasteiger partial charge in [0.15, 0.2) is 11.1 Å². The minimum absolute atomic E-state index is 0.203. The van der Waals surface area contributed by atoms with E-state index < -0.39 is 28.4 Å². The average Bonchev–Trinajstić information content (AvgIpc) is 3.00. The van der Waals surface area contributed by atoms with Crippen molar-refractivity contribution in [3.63, 3.8) is 0 Å². The highest BCUT2D eigenvalue weighted by Crippen LogP contribution is 2.36. The van der Waals surface area contributed by atoms with Crippen LogP contribution < -0.4 is 15.0 Å². The Bertz CT molecular complexity index is 1480. The third-order valence-electron chi connectivity index (χ3n) is 7.56. The molecule has 1 aromatic heterocycles. The zero-order chi connectivity index (χ0) is 30.4. The average molecular weight is 616 g/mol. The minimum atomic E-state index is -4.61. The first-order chi connectivity index (χ1) is 20.7. The second-order valence-electron chi connectivity index (χ2n) is 10.4. The van der Waals surface area contributed by atoms with Gasteiger partial charge >= 0.3 is 6.18 Å². The van der Waals surface area contributed by atoms with E-state index >= 15 is 0 Å². The molecule has 0 radical (unpaired) electrons. The number of ether oxygens (including phenoxy) is 1. The summed E-state index contributed by atoms with van der Waals surface area (Å²) in [5.74, 6) is 1.61. The standard InChI is InChI=1S/C29H32F3N7O3S/c30-29(31,32)26-16-23(5-2-21(26)17-33)39-10-8-25-27(18-39)34-19-35-28(25)36-22-3-6-24(7-4-22)42-15-1-9-37-11-13-38(14-12-37)20-43(40)41/h2-7,16,19H,1,8-15,18,20H2,(H,40,41)(H,34,35,36). The fourth-order valence-electron chi connectivity index (χ4n) is 5.29. The summed E-state index contributed by atoms with van der Waals surface area (Å²) in [6.45, 7) is 5.60. The van der Waals surface area contributed by atoms with Gasteiger partial charge in [0, 0.05) is 56.2 Å². The van der Waals surface area contributed by atoms with Crippen molar-refractivity contribution in [1.29, 1.82) is 5.26 Å². The Morgan fingerprint density at radius 1 is 1.05 bits per heavy atom. The number of halogens is 3. The highest BCUT2D eigenvalue weighted by molar-refractivity contribution is 7.79. The Hall–Kier alpha value is -3.77. The van der Waals surface area contributed by atoms with Crippen molar-refractivity contribution in [2.45, 2.75) is 25.6 Å². The lowest BCUT2D eigenvalue weighted by atomic mass is 10.0. The monoisotopic (exact) mass is 615 g/mol. The summed E-state index contributed by atoms with van der Waals surface area (Å²) in [5, 5.41) is 12.4. The highest BCUT2D eigenvalue weighted by atomic mass is 32.2. The largest absolute Gasteiger partial charge is 0.494 e. The molecule has 2 aliphatic heterocycles. The molecule has 1 fully saturated rings. The van der Waals surface area contributed by atoms with E-state index in [1.807, 2.05) is 34.1 Å². The van der Waals surface area contributed by atoms with Crippen LogP contribution in [0.15, 0.2) is 48.8 Å². The molecule has 0 amide bonds. The topological polar surface area (TPSA) is 118 Å². The lowest BCUT2D eigenvalue weighted by Crippen LogP contribution is -2.47. The van der Waals surface area contributed by atoms with E-state index in [-0.39, 0.29) is 5.88 Å². The molecule has 2 aromatic carbocycles. The molecule has 14 heteroatoms. The second-order valence-corrected chi connectivity index (χ2v) is 11.3. The summed E-state index contributed by atoms with van der Waals surface area (Å²) in [4.78, 5) is 15.0. The van der Waals surface area contributed by atoms with Crippen molar-refractivity contribution in [1.82, 2.24) is 19.8 Å². The van der Waals surface area contributed by atoms with Gasteiger partial charge in [-0.1, -0.05) is 0 Å².